The molecule has 1 aliphatic heterocycles. The standard InChI is InChI=1S/C13H18O3/c1-15-13-5-3-2-4-12(13)11(7-14)6-10-8-16-9-10/h2-5,10-11,14H,6-9H2,1H3. The van der Waals surface area contributed by atoms with Crippen LogP contribution in [0.5, 0.6) is 5.75 Å². The van der Waals surface area contributed by atoms with Gasteiger partial charge in [-0.05, 0) is 18.1 Å². The van der Waals surface area contributed by atoms with Crippen molar-refractivity contribution in [1.29, 1.82) is 0 Å². The highest BCUT2D eigenvalue weighted by atomic mass is 16.5. The highest BCUT2D eigenvalue weighted by Gasteiger charge is 2.25. The molecule has 0 radical (unpaired) electrons. The lowest BCUT2D eigenvalue weighted by Crippen LogP contribution is -2.29. The van der Waals surface area contributed by atoms with Crippen LogP contribution in [0.15, 0.2) is 24.3 Å². The second-order valence-corrected chi connectivity index (χ2v) is 4.26. The molecule has 0 spiro atoms. The maximum atomic E-state index is 9.47. The van der Waals surface area contributed by atoms with E-state index in [9.17, 15) is 5.11 Å². The zero-order valence-electron chi connectivity index (χ0n) is 9.56. The first-order chi connectivity index (χ1) is 7.85. The van der Waals surface area contributed by atoms with Gasteiger partial charge in [-0.1, -0.05) is 18.2 Å². The topological polar surface area (TPSA) is 38.7 Å². The van der Waals surface area contributed by atoms with Crippen molar-refractivity contribution in [3.05, 3.63) is 29.8 Å². The molecule has 1 N–H and O–H groups in total. The summed E-state index contributed by atoms with van der Waals surface area (Å²) in [4.78, 5) is 0. The number of aliphatic hydroxyl groups excluding tert-OH is 1. The molecule has 0 aromatic heterocycles. The molecule has 1 saturated heterocycles. The van der Waals surface area contributed by atoms with Crippen molar-refractivity contribution in [3.63, 3.8) is 0 Å². The molecule has 1 fully saturated rings. The van der Waals surface area contributed by atoms with E-state index in [1.165, 1.54) is 0 Å². The van der Waals surface area contributed by atoms with Gasteiger partial charge in [-0.25, -0.2) is 0 Å². The second-order valence-electron chi connectivity index (χ2n) is 4.26. The van der Waals surface area contributed by atoms with Gasteiger partial charge in [0.15, 0.2) is 0 Å². The Morgan fingerprint density at radius 1 is 1.44 bits per heavy atom. The summed E-state index contributed by atoms with van der Waals surface area (Å²) in [6.45, 7) is 1.81. The lowest BCUT2D eigenvalue weighted by molar-refractivity contribution is -0.0406. The van der Waals surface area contributed by atoms with Crippen molar-refractivity contribution >= 4 is 0 Å². The molecule has 1 aromatic rings. The van der Waals surface area contributed by atoms with Crippen molar-refractivity contribution < 1.29 is 14.6 Å². The first-order valence-electron chi connectivity index (χ1n) is 5.66. The van der Waals surface area contributed by atoms with Gasteiger partial charge in [0.2, 0.25) is 0 Å². The smallest absolute Gasteiger partial charge is 0.122 e. The molecule has 88 valence electrons. The van der Waals surface area contributed by atoms with Gasteiger partial charge in [0, 0.05) is 11.8 Å². The first-order valence-corrected chi connectivity index (χ1v) is 5.66. The van der Waals surface area contributed by atoms with Gasteiger partial charge in [-0.2, -0.15) is 0 Å². The number of hydrogen-bond acceptors (Lipinski definition) is 3. The molecule has 1 atom stereocenters. The number of rotatable bonds is 5. The van der Waals surface area contributed by atoms with Crippen LogP contribution >= 0.6 is 0 Å². The zero-order valence-corrected chi connectivity index (χ0v) is 9.56. The summed E-state index contributed by atoms with van der Waals surface area (Å²) < 4.78 is 10.5. The predicted molar refractivity (Wildman–Crippen MR) is 61.7 cm³/mol. The highest BCUT2D eigenvalue weighted by molar-refractivity contribution is 5.36. The summed E-state index contributed by atoms with van der Waals surface area (Å²) in [5.41, 5.74) is 1.10. The van der Waals surface area contributed by atoms with E-state index in [-0.39, 0.29) is 12.5 Å². The lowest BCUT2D eigenvalue weighted by atomic mass is 9.88. The third kappa shape index (κ3) is 2.36. The number of para-hydroxylation sites is 1. The average molecular weight is 222 g/mol. The van der Waals surface area contributed by atoms with Crippen molar-refractivity contribution in [1.82, 2.24) is 0 Å². The van der Waals surface area contributed by atoms with Crippen LogP contribution in [0.1, 0.15) is 17.9 Å². The van der Waals surface area contributed by atoms with Crippen LogP contribution < -0.4 is 4.74 Å². The van der Waals surface area contributed by atoms with Crippen molar-refractivity contribution in [2.45, 2.75) is 12.3 Å². The first kappa shape index (κ1) is 11.4. The average Bonchev–Trinajstić information content (AvgIpc) is 2.28. The maximum absolute atomic E-state index is 9.47. The molecule has 1 unspecified atom stereocenters. The van der Waals surface area contributed by atoms with E-state index in [2.05, 4.69) is 0 Å². The van der Waals surface area contributed by atoms with Crippen LogP contribution in [0, 0.1) is 5.92 Å². The van der Waals surface area contributed by atoms with E-state index in [4.69, 9.17) is 9.47 Å². The van der Waals surface area contributed by atoms with Gasteiger partial charge in [-0.15, -0.1) is 0 Å². The maximum Gasteiger partial charge on any atom is 0.122 e. The summed E-state index contributed by atoms with van der Waals surface area (Å²) in [6.07, 6.45) is 0.969. The fourth-order valence-corrected chi connectivity index (χ4v) is 2.13. The Hall–Kier alpha value is -1.06. The summed E-state index contributed by atoms with van der Waals surface area (Å²) >= 11 is 0. The molecule has 3 nitrogen and oxygen atoms in total. The summed E-state index contributed by atoms with van der Waals surface area (Å²) in [5, 5.41) is 9.47. The van der Waals surface area contributed by atoms with Gasteiger partial charge < -0.3 is 14.6 Å². The quantitative estimate of drug-likeness (QED) is 0.825. The van der Waals surface area contributed by atoms with E-state index in [0.29, 0.717) is 5.92 Å². The second kappa shape index (κ2) is 5.32. The molecule has 1 aromatic carbocycles. The molecule has 0 amide bonds. The predicted octanol–water partition coefficient (Wildman–Crippen LogP) is 1.81. The van der Waals surface area contributed by atoms with Crippen LogP contribution in [0.2, 0.25) is 0 Å². The minimum atomic E-state index is 0.157. The van der Waals surface area contributed by atoms with Gasteiger partial charge >= 0.3 is 0 Å². The highest BCUT2D eigenvalue weighted by Crippen LogP contribution is 2.32. The van der Waals surface area contributed by atoms with Gasteiger partial charge in [0.1, 0.15) is 5.75 Å². The molecule has 3 heteroatoms. The SMILES string of the molecule is COc1ccccc1C(CO)CC1COC1. The largest absolute Gasteiger partial charge is 0.496 e. The molecule has 0 saturated carbocycles. The molecule has 16 heavy (non-hydrogen) atoms. The monoisotopic (exact) mass is 222 g/mol. The van der Waals surface area contributed by atoms with Crippen LogP contribution in [0.3, 0.4) is 0 Å². The lowest BCUT2D eigenvalue weighted by Gasteiger charge is -2.29. The Labute approximate surface area is 96.0 Å². The molecular weight excluding hydrogens is 204 g/mol. The van der Waals surface area contributed by atoms with Crippen LogP contribution in [0.25, 0.3) is 0 Å². The number of ether oxygens (including phenoxy) is 2. The van der Waals surface area contributed by atoms with Crippen LogP contribution in [-0.4, -0.2) is 32.0 Å². The van der Waals surface area contributed by atoms with Crippen LogP contribution in [-0.2, 0) is 4.74 Å². The van der Waals surface area contributed by atoms with E-state index < -0.39 is 0 Å². The Balaban J connectivity index is 2.11. The normalized spacial score (nSPS) is 17.9. The molecule has 1 aliphatic rings. The minimum absolute atomic E-state index is 0.157. The van der Waals surface area contributed by atoms with E-state index in [0.717, 1.165) is 30.9 Å². The third-order valence-corrected chi connectivity index (χ3v) is 3.12. The van der Waals surface area contributed by atoms with Crippen molar-refractivity contribution in [2.24, 2.45) is 5.92 Å². The minimum Gasteiger partial charge on any atom is -0.496 e. The third-order valence-electron chi connectivity index (χ3n) is 3.12. The Kier molecular flexibility index (Phi) is 3.80. The number of hydrogen-bond donors (Lipinski definition) is 1. The molecule has 2 rings (SSSR count). The zero-order chi connectivity index (χ0) is 11.4. The Morgan fingerprint density at radius 2 is 2.19 bits per heavy atom. The molecule has 1 heterocycles. The fourth-order valence-electron chi connectivity index (χ4n) is 2.13. The van der Waals surface area contributed by atoms with Gasteiger partial charge in [0.05, 0.1) is 26.9 Å². The van der Waals surface area contributed by atoms with Gasteiger partial charge in [-0.3, -0.25) is 0 Å². The molecule has 0 aliphatic carbocycles. The summed E-state index contributed by atoms with van der Waals surface area (Å²) in [6, 6.07) is 7.90. The number of aliphatic hydroxyl groups is 1. The number of benzene rings is 1. The molecule has 0 bridgehead atoms. The number of methoxy groups -OCH3 is 1. The van der Waals surface area contributed by atoms with Crippen molar-refractivity contribution in [3.8, 4) is 5.75 Å². The molecular formula is C13H18O3. The van der Waals surface area contributed by atoms with Crippen molar-refractivity contribution in [2.75, 3.05) is 26.9 Å². The van der Waals surface area contributed by atoms with E-state index >= 15 is 0 Å². The Morgan fingerprint density at radius 3 is 2.75 bits per heavy atom. The fraction of sp³-hybridized carbons (Fsp3) is 0.538. The van der Waals surface area contributed by atoms with E-state index in [1.807, 2.05) is 24.3 Å². The van der Waals surface area contributed by atoms with Gasteiger partial charge in [0.25, 0.3) is 0 Å². The summed E-state index contributed by atoms with van der Waals surface area (Å²) in [5.74, 6) is 1.61. The van der Waals surface area contributed by atoms with E-state index in [1.54, 1.807) is 7.11 Å². The Bertz CT molecular complexity index is 334. The van der Waals surface area contributed by atoms with Crippen LogP contribution in [0.4, 0.5) is 0 Å². The summed E-state index contributed by atoms with van der Waals surface area (Å²) in [7, 11) is 1.67.